The van der Waals surface area contributed by atoms with Crippen LogP contribution in [0.15, 0.2) is 18.2 Å². The first-order chi connectivity index (χ1) is 8.49. The number of amides is 1. The average molecular weight is 272 g/mol. The summed E-state index contributed by atoms with van der Waals surface area (Å²) in [5.74, 6) is -0.559. The number of benzene rings is 1. The van der Waals surface area contributed by atoms with Crippen molar-refractivity contribution in [3.05, 3.63) is 34.6 Å². The summed E-state index contributed by atoms with van der Waals surface area (Å²) in [4.78, 5) is 13.8. The van der Waals surface area contributed by atoms with Crippen LogP contribution in [0.5, 0.6) is 0 Å². The van der Waals surface area contributed by atoms with Gasteiger partial charge in [-0.25, -0.2) is 4.39 Å². The molecule has 1 saturated heterocycles. The molecule has 1 aliphatic rings. The minimum absolute atomic E-state index is 0.105. The first-order valence-corrected chi connectivity index (χ1v) is 6.29. The normalized spacial score (nSPS) is 21.1. The van der Waals surface area contributed by atoms with Crippen molar-refractivity contribution in [2.75, 3.05) is 13.1 Å². The summed E-state index contributed by atoms with van der Waals surface area (Å²) in [6, 6.07) is 3.76. The maximum Gasteiger partial charge on any atom is 0.255 e. The van der Waals surface area contributed by atoms with E-state index in [1.54, 1.807) is 11.8 Å². The largest absolute Gasteiger partial charge is 0.393 e. The second-order valence-corrected chi connectivity index (χ2v) is 5.07. The second-order valence-electron chi connectivity index (χ2n) is 4.66. The Balaban J connectivity index is 2.13. The fourth-order valence-corrected chi connectivity index (χ4v) is 2.45. The molecule has 98 valence electrons. The number of likely N-dealkylation sites (tertiary alicyclic amines) is 1. The van der Waals surface area contributed by atoms with Crippen molar-refractivity contribution < 1.29 is 14.3 Å². The summed E-state index contributed by atoms with van der Waals surface area (Å²) < 4.78 is 12.9. The van der Waals surface area contributed by atoms with Crippen molar-refractivity contribution in [2.24, 2.45) is 5.92 Å². The quantitative estimate of drug-likeness (QED) is 0.897. The van der Waals surface area contributed by atoms with E-state index in [9.17, 15) is 14.3 Å². The van der Waals surface area contributed by atoms with Crippen LogP contribution in [0.2, 0.25) is 5.02 Å². The molecular weight excluding hydrogens is 257 g/mol. The number of aliphatic hydroxyl groups excluding tert-OH is 1. The Labute approximate surface area is 110 Å². The van der Waals surface area contributed by atoms with Crippen LogP contribution in [-0.2, 0) is 0 Å². The Hall–Kier alpha value is -1.13. The molecule has 1 fully saturated rings. The lowest BCUT2D eigenvalue weighted by atomic mass is 10.0. The Morgan fingerprint density at radius 3 is 2.89 bits per heavy atom. The van der Waals surface area contributed by atoms with Crippen LogP contribution < -0.4 is 0 Å². The molecule has 1 amide bonds. The maximum absolute atomic E-state index is 12.9. The summed E-state index contributed by atoms with van der Waals surface area (Å²) in [6.45, 7) is 2.84. The van der Waals surface area contributed by atoms with E-state index in [0.717, 1.165) is 12.5 Å². The minimum atomic E-state index is -0.458. The molecule has 2 rings (SSSR count). The van der Waals surface area contributed by atoms with Gasteiger partial charge in [0.05, 0.1) is 16.7 Å². The van der Waals surface area contributed by atoms with Gasteiger partial charge in [-0.3, -0.25) is 4.79 Å². The van der Waals surface area contributed by atoms with Crippen LogP contribution in [0.3, 0.4) is 0 Å². The number of hydrogen-bond donors (Lipinski definition) is 1. The number of carbonyl (C=O) groups is 1. The van der Waals surface area contributed by atoms with Crippen molar-refractivity contribution in [2.45, 2.75) is 19.4 Å². The van der Waals surface area contributed by atoms with E-state index in [1.165, 1.54) is 12.1 Å². The predicted molar refractivity (Wildman–Crippen MR) is 67.1 cm³/mol. The first-order valence-electron chi connectivity index (χ1n) is 5.91. The SMILES string of the molecule is CC(O)C1CCN(C(=O)c2ccc(F)cc2Cl)C1. The van der Waals surface area contributed by atoms with Gasteiger partial charge in [0.25, 0.3) is 5.91 Å². The molecule has 2 atom stereocenters. The zero-order valence-electron chi connectivity index (χ0n) is 10.1. The molecule has 1 N–H and O–H groups in total. The van der Waals surface area contributed by atoms with Crippen LogP contribution in [0.25, 0.3) is 0 Å². The Bertz CT molecular complexity index is 464. The van der Waals surface area contributed by atoms with Crippen molar-refractivity contribution in [3.63, 3.8) is 0 Å². The monoisotopic (exact) mass is 271 g/mol. The number of hydrogen-bond acceptors (Lipinski definition) is 2. The topological polar surface area (TPSA) is 40.5 Å². The van der Waals surface area contributed by atoms with E-state index >= 15 is 0 Å². The predicted octanol–water partition coefficient (Wildman–Crippen LogP) is 2.32. The molecule has 0 aromatic heterocycles. The third-order valence-electron chi connectivity index (χ3n) is 3.36. The molecule has 0 radical (unpaired) electrons. The molecule has 5 heteroatoms. The van der Waals surface area contributed by atoms with Crippen LogP contribution in [0.4, 0.5) is 4.39 Å². The molecule has 1 aromatic rings. The molecule has 18 heavy (non-hydrogen) atoms. The lowest BCUT2D eigenvalue weighted by Gasteiger charge is -2.18. The van der Waals surface area contributed by atoms with Gasteiger partial charge in [0.15, 0.2) is 0 Å². The standard InChI is InChI=1S/C13H15ClFNO2/c1-8(17)9-4-5-16(7-9)13(18)11-3-2-10(15)6-12(11)14/h2-3,6,8-9,17H,4-5,7H2,1H3. The lowest BCUT2D eigenvalue weighted by Crippen LogP contribution is -2.30. The molecule has 2 unspecified atom stereocenters. The fraction of sp³-hybridized carbons (Fsp3) is 0.462. The molecule has 0 spiro atoms. The van der Waals surface area contributed by atoms with E-state index < -0.39 is 11.9 Å². The maximum atomic E-state index is 12.9. The highest BCUT2D eigenvalue weighted by molar-refractivity contribution is 6.33. The van der Waals surface area contributed by atoms with Gasteiger partial charge in [0, 0.05) is 19.0 Å². The third kappa shape index (κ3) is 2.65. The highest BCUT2D eigenvalue weighted by atomic mass is 35.5. The zero-order chi connectivity index (χ0) is 13.3. The lowest BCUT2D eigenvalue weighted by molar-refractivity contribution is 0.0762. The summed E-state index contributed by atoms with van der Waals surface area (Å²) in [5, 5.41) is 9.63. The molecule has 3 nitrogen and oxygen atoms in total. The highest BCUT2D eigenvalue weighted by Gasteiger charge is 2.30. The van der Waals surface area contributed by atoms with Gasteiger partial charge >= 0.3 is 0 Å². The number of nitrogens with zero attached hydrogens (tertiary/aromatic N) is 1. The fourth-order valence-electron chi connectivity index (χ4n) is 2.20. The highest BCUT2D eigenvalue weighted by Crippen LogP contribution is 2.24. The molecule has 1 aliphatic heterocycles. The molecule has 0 aliphatic carbocycles. The molecule has 0 bridgehead atoms. The molecule has 1 aromatic carbocycles. The van der Waals surface area contributed by atoms with E-state index in [4.69, 9.17) is 11.6 Å². The summed E-state index contributed by atoms with van der Waals surface area (Å²) in [7, 11) is 0. The van der Waals surface area contributed by atoms with E-state index in [0.29, 0.717) is 18.7 Å². The van der Waals surface area contributed by atoms with Gasteiger partial charge in [-0.2, -0.15) is 0 Å². The van der Waals surface area contributed by atoms with Gasteiger partial charge < -0.3 is 10.0 Å². The minimum Gasteiger partial charge on any atom is -0.393 e. The first kappa shape index (κ1) is 13.3. The van der Waals surface area contributed by atoms with Crippen molar-refractivity contribution in [1.82, 2.24) is 4.90 Å². The summed E-state index contributed by atoms with van der Waals surface area (Å²) >= 11 is 5.86. The Kier molecular flexibility index (Phi) is 3.88. The van der Waals surface area contributed by atoms with Gasteiger partial charge in [-0.1, -0.05) is 11.6 Å². The van der Waals surface area contributed by atoms with Crippen molar-refractivity contribution in [3.8, 4) is 0 Å². The summed E-state index contributed by atoms with van der Waals surface area (Å²) in [5.41, 5.74) is 0.310. The number of halogens is 2. The van der Waals surface area contributed by atoms with Gasteiger partial charge in [0.1, 0.15) is 5.82 Å². The van der Waals surface area contributed by atoms with Crippen LogP contribution in [0.1, 0.15) is 23.7 Å². The van der Waals surface area contributed by atoms with Crippen molar-refractivity contribution in [1.29, 1.82) is 0 Å². The molecule has 0 saturated carbocycles. The van der Waals surface area contributed by atoms with Crippen LogP contribution in [0, 0.1) is 11.7 Å². The van der Waals surface area contributed by atoms with Gasteiger partial charge in [-0.15, -0.1) is 0 Å². The van der Waals surface area contributed by atoms with Crippen LogP contribution >= 0.6 is 11.6 Å². The second kappa shape index (κ2) is 5.24. The molecular formula is C13H15ClFNO2. The average Bonchev–Trinajstić information content (AvgIpc) is 2.77. The Morgan fingerprint density at radius 1 is 1.61 bits per heavy atom. The Morgan fingerprint density at radius 2 is 2.33 bits per heavy atom. The number of aliphatic hydroxyl groups is 1. The zero-order valence-corrected chi connectivity index (χ0v) is 10.8. The van der Waals surface area contributed by atoms with Gasteiger partial charge in [-0.05, 0) is 31.5 Å². The van der Waals surface area contributed by atoms with Crippen molar-refractivity contribution >= 4 is 17.5 Å². The van der Waals surface area contributed by atoms with E-state index in [1.807, 2.05) is 0 Å². The molecule has 1 heterocycles. The third-order valence-corrected chi connectivity index (χ3v) is 3.67. The smallest absolute Gasteiger partial charge is 0.255 e. The summed E-state index contributed by atoms with van der Waals surface area (Å²) in [6.07, 6.45) is 0.355. The van der Waals surface area contributed by atoms with Gasteiger partial charge in [0.2, 0.25) is 0 Å². The number of rotatable bonds is 2. The van der Waals surface area contributed by atoms with E-state index in [2.05, 4.69) is 0 Å². The van der Waals surface area contributed by atoms with Crippen LogP contribution in [-0.4, -0.2) is 35.1 Å². The van der Waals surface area contributed by atoms with E-state index in [-0.39, 0.29) is 16.8 Å². The number of carbonyl (C=O) groups excluding carboxylic acids is 1.